The van der Waals surface area contributed by atoms with Crippen LogP contribution in [-0.2, 0) is 9.59 Å². The standard InChI is InChI=1S/C27H35ClN4O2/c1-22(33)30-15-11-23(12-16-30)27(34)32(26-10-5-7-24(28)21-26)14-6-13-29-17-19-31(20-18-29)25-8-3-2-4-9-25/h2-5,7-10,21,23H,6,11-20H2,1H3. The van der Waals surface area contributed by atoms with Gasteiger partial charge >= 0.3 is 0 Å². The molecule has 2 amide bonds. The Morgan fingerprint density at radius 2 is 1.65 bits per heavy atom. The van der Waals surface area contributed by atoms with Crippen molar-refractivity contribution >= 4 is 34.8 Å². The fourth-order valence-corrected chi connectivity index (χ4v) is 5.18. The number of halogens is 1. The summed E-state index contributed by atoms with van der Waals surface area (Å²) in [4.78, 5) is 33.9. The van der Waals surface area contributed by atoms with Crippen molar-refractivity contribution in [1.29, 1.82) is 0 Å². The lowest BCUT2D eigenvalue weighted by Gasteiger charge is -2.37. The zero-order valence-corrected chi connectivity index (χ0v) is 20.8. The van der Waals surface area contributed by atoms with E-state index >= 15 is 0 Å². The average molecular weight is 483 g/mol. The molecule has 2 aliphatic rings. The quantitative estimate of drug-likeness (QED) is 0.595. The molecule has 0 unspecified atom stereocenters. The van der Waals surface area contributed by atoms with Crippen LogP contribution in [0.4, 0.5) is 11.4 Å². The van der Waals surface area contributed by atoms with E-state index in [0.717, 1.165) is 57.7 Å². The Morgan fingerprint density at radius 1 is 0.941 bits per heavy atom. The fraction of sp³-hybridized carbons (Fsp3) is 0.481. The highest BCUT2D eigenvalue weighted by Gasteiger charge is 2.30. The largest absolute Gasteiger partial charge is 0.369 e. The molecule has 2 fully saturated rings. The molecular formula is C27H35ClN4O2. The number of anilines is 2. The van der Waals surface area contributed by atoms with E-state index in [2.05, 4.69) is 40.1 Å². The number of likely N-dealkylation sites (tertiary alicyclic amines) is 1. The van der Waals surface area contributed by atoms with Gasteiger partial charge in [-0.25, -0.2) is 0 Å². The maximum absolute atomic E-state index is 13.5. The van der Waals surface area contributed by atoms with Gasteiger partial charge in [-0.15, -0.1) is 0 Å². The molecule has 2 aromatic rings. The predicted octanol–water partition coefficient (Wildman–Crippen LogP) is 4.14. The number of carbonyl (C=O) groups excluding carboxylic acids is 2. The molecule has 0 aromatic heterocycles. The number of piperazine rings is 1. The minimum atomic E-state index is -0.0519. The summed E-state index contributed by atoms with van der Waals surface area (Å²) in [6.07, 6.45) is 2.35. The van der Waals surface area contributed by atoms with Gasteiger partial charge in [0.1, 0.15) is 0 Å². The van der Waals surface area contributed by atoms with Crippen LogP contribution in [0.25, 0.3) is 0 Å². The molecular weight excluding hydrogens is 448 g/mol. The van der Waals surface area contributed by atoms with E-state index < -0.39 is 0 Å². The first-order chi connectivity index (χ1) is 16.5. The lowest BCUT2D eigenvalue weighted by Crippen LogP contribution is -2.47. The third kappa shape index (κ3) is 6.30. The van der Waals surface area contributed by atoms with Crippen LogP contribution < -0.4 is 9.80 Å². The van der Waals surface area contributed by atoms with Gasteiger partial charge in [0.25, 0.3) is 0 Å². The van der Waals surface area contributed by atoms with Crippen LogP contribution in [0, 0.1) is 5.92 Å². The van der Waals surface area contributed by atoms with E-state index in [1.165, 1.54) is 5.69 Å². The van der Waals surface area contributed by atoms with E-state index in [9.17, 15) is 9.59 Å². The molecule has 0 atom stereocenters. The Hall–Kier alpha value is -2.57. The second-order valence-corrected chi connectivity index (χ2v) is 9.70. The van der Waals surface area contributed by atoms with Crippen LogP contribution in [0.1, 0.15) is 26.2 Å². The van der Waals surface area contributed by atoms with Gasteiger partial charge in [-0.2, -0.15) is 0 Å². The zero-order valence-electron chi connectivity index (χ0n) is 20.0. The number of carbonyl (C=O) groups is 2. The van der Waals surface area contributed by atoms with Gasteiger partial charge in [0.05, 0.1) is 0 Å². The normalized spacial score (nSPS) is 17.6. The summed E-state index contributed by atoms with van der Waals surface area (Å²) in [5.74, 6) is 0.188. The topological polar surface area (TPSA) is 47.1 Å². The molecule has 2 aromatic carbocycles. The molecule has 2 saturated heterocycles. The smallest absolute Gasteiger partial charge is 0.230 e. The number of piperidine rings is 1. The lowest BCUT2D eigenvalue weighted by atomic mass is 9.94. The number of nitrogens with zero attached hydrogens (tertiary/aromatic N) is 4. The lowest BCUT2D eigenvalue weighted by molar-refractivity contribution is -0.133. The summed E-state index contributed by atoms with van der Waals surface area (Å²) in [5.41, 5.74) is 2.15. The van der Waals surface area contributed by atoms with Crippen LogP contribution in [0.2, 0.25) is 5.02 Å². The summed E-state index contributed by atoms with van der Waals surface area (Å²) in [5, 5.41) is 0.638. The van der Waals surface area contributed by atoms with E-state index in [1.807, 2.05) is 34.1 Å². The molecule has 0 spiro atoms. The summed E-state index contributed by atoms with van der Waals surface area (Å²) in [6.45, 7) is 8.65. The molecule has 0 N–H and O–H groups in total. The van der Waals surface area contributed by atoms with Gasteiger partial charge in [0.2, 0.25) is 11.8 Å². The SMILES string of the molecule is CC(=O)N1CCC(C(=O)N(CCCN2CCN(c3ccccc3)CC2)c2cccc(Cl)c2)CC1. The predicted molar refractivity (Wildman–Crippen MR) is 138 cm³/mol. The van der Waals surface area contributed by atoms with E-state index in [4.69, 9.17) is 11.6 Å². The van der Waals surface area contributed by atoms with Crippen molar-refractivity contribution in [2.45, 2.75) is 26.2 Å². The molecule has 0 saturated carbocycles. The highest BCUT2D eigenvalue weighted by molar-refractivity contribution is 6.30. The second-order valence-electron chi connectivity index (χ2n) is 9.27. The summed E-state index contributed by atoms with van der Waals surface area (Å²) < 4.78 is 0. The Kier molecular flexibility index (Phi) is 8.46. The van der Waals surface area contributed by atoms with Gasteiger partial charge in [-0.1, -0.05) is 35.9 Å². The van der Waals surface area contributed by atoms with Crippen LogP contribution >= 0.6 is 11.6 Å². The number of hydrogen-bond acceptors (Lipinski definition) is 4. The molecule has 7 heteroatoms. The molecule has 6 nitrogen and oxygen atoms in total. The first-order valence-corrected chi connectivity index (χ1v) is 12.7. The van der Waals surface area contributed by atoms with Gasteiger partial charge < -0.3 is 14.7 Å². The monoisotopic (exact) mass is 482 g/mol. The maximum Gasteiger partial charge on any atom is 0.230 e. The van der Waals surface area contributed by atoms with Crippen molar-refractivity contribution in [3.8, 4) is 0 Å². The molecule has 0 radical (unpaired) electrons. The maximum atomic E-state index is 13.5. The molecule has 0 bridgehead atoms. The zero-order chi connectivity index (χ0) is 23.9. The highest BCUT2D eigenvalue weighted by Crippen LogP contribution is 2.26. The fourth-order valence-electron chi connectivity index (χ4n) is 4.99. The molecule has 182 valence electrons. The third-order valence-corrected chi connectivity index (χ3v) is 7.26. The molecule has 2 heterocycles. The third-order valence-electron chi connectivity index (χ3n) is 7.03. The van der Waals surface area contributed by atoms with Gasteiger partial charge in [0, 0.05) is 75.1 Å². The van der Waals surface area contributed by atoms with Crippen molar-refractivity contribution in [2.75, 3.05) is 62.2 Å². The van der Waals surface area contributed by atoms with Crippen LogP contribution in [-0.4, -0.2) is 74.0 Å². The van der Waals surface area contributed by atoms with E-state index in [-0.39, 0.29) is 17.7 Å². The van der Waals surface area contributed by atoms with Crippen molar-refractivity contribution in [3.05, 3.63) is 59.6 Å². The number of hydrogen-bond donors (Lipinski definition) is 0. The minimum Gasteiger partial charge on any atom is -0.369 e. The Bertz CT molecular complexity index is 954. The second kappa shape index (κ2) is 11.7. The van der Waals surface area contributed by atoms with Crippen LogP contribution in [0.15, 0.2) is 54.6 Å². The van der Waals surface area contributed by atoms with Crippen molar-refractivity contribution in [2.24, 2.45) is 5.92 Å². The Labute approximate surface area is 208 Å². The molecule has 4 rings (SSSR count). The number of benzene rings is 2. The van der Waals surface area contributed by atoms with Crippen LogP contribution in [0.5, 0.6) is 0 Å². The van der Waals surface area contributed by atoms with Gasteiger partial charge in [0.15, 0.2) is 0 Å². The first-order valence-electron chi connectivity index (χ1n) is 12.4. The van der Waals surface area contributed by atoms with Crippen molar-refractivity contribution in [1.82, 2.24) is 9.80 Å². The number of rotatable bonds is 7. The van der Waals surface area contributed by atoms with Crippen molar-refractivity contribution in [3.63, 3.8) is 0 Å². The van der Waals surface area contributed by atoms with Crippen LogP contribution in [0.3, 0.4) is 0 Å². The van der Waals surface area contributed by atoms with E-state index in [0.29, 0.717) is 24.7 Å². The van der Waals surface area contributed by atoms with Gasteiger partial charge in [-0.05, 0) is 56.1 Å². The Balaban J connectivity index is 1.32. The highest BCUT2D eigenvalue weighted by atomic mass is 35.5. The van der Waals surface area contributed by atoms with Gasteiger partial charge in [-0.3, -0.25) is 14.5 Å². The molecule has 0 aliphatic carbocycles. The number of para-hydroxylation sites is 1. The van der Waals surface area contributed by atoms with Crippen molar-refractivity contribution < 1.29 is 9.59 Å². The molecule has 2 aliphatic heterocycles. The summed E-state index contributed by atoms with van der Waals surface area (Å²) in [6, 6.07) is 18.2. The average Bonchev–Trinajstić information content (AvgIpc) is 2.87. The first kappa shape index (κ1) is 24.6. The summed E-state index contributed by atoms with van der Waals surface area (Å²) in [7, 11) is 0. The minimum absolute atomic E-state index is 0.0519. The molecule has 34 heavy (non-hydrogen) atoms. The number of amides is 2. The Morgan fingerprint density at radius 3 is 2.29 bits per heavy atom. The van der Waals surface area contributed by atoms with E-state index in [1.54, 1.807) is 6.92 Å². The summed E-state index contributed by atoms with van der Waals surface area (Å²) >= 11 is 6.26.